The molecule has 3 rings (SSSR count). The molecule has 0 radical (unpaired) electrons. The van der Waals surface area contributed by atoms with Gasteiger partial charge in [0.05, 0.1) is 13.5 Å². The van der Waals surface area contributed by atoms with Gasteiger partial charge in [-0.25, -0.2) is 4.39 Å². The van der Waals surface area contributed by atoms with Gasteiger partial charge in [0.25, 0.3) is 5.22 Å². The molecule has 0 fully saturated rings. The lowest BCUT2D eigenvalue weighted by molar-refractivity contribution is 0.413. The van der Waals surface area contributed by atoms with Gasteiger partial charge in [0, 0.05) is 5.75 Å². The third-order valence-electron chi connectivity index (χ3n) is 3.27. The Morgan fingerprint density at radius 2 is 1.87 bits per heavy atom. The van der Waals surface area contributed by atoms with E-state index >= 15 is 0 Å². The molecule has 1 heterocycles. The van der Waals surface area contributed by atoms with Gasteiger partial charge in [0.1, 0.15) is 11.6 Å². The van der Waals surface area contributed by atoms with Crippen LogP contribution in [0.1, 0.15) is 17.0 Å². The summed E-state index contributed by atoms with van der Waals surface area (Å²) in [7, 11) is 1.63. The van der Waals surface area contributed by atoms with Gasteiger partial charge in [-0.05, 0) is 29.3 Å². The van der Waals surface area contributed by atoms with E-state index in [1.807, 2.05) is 30.3 Å². The molecular formula is C17H15FN2O2S. The van der Waals surface area contributed by atoms with Gasteiger partial charge in [0.15, 0.2) is 0 Å². The normalized spacial score (nSPS) is 10.7. The Hall–Kier alpha value is -2.34. The lowest BCUT2D eigenvalue weighted by atomic mass is 10.1. The highest BCUT2D eigenvalue weighted by atomic mass is 32.2. The van der Waals surface area contributed by atoms with Crippen molar-refractivity contribution in [3.8, 4) is 5.75 Å². The summed E-state index contributed by atoms with van der Waals surface area (Å²) >= 11 is 1.32. The molecule has 0 bridgehead atoms. The van der Waals surface area contributed by atoms with E-state index in [4.69, 9.17) is 9.15 Å². The van der Waals surface area contributed by atoms with Crippen molar-refractivity contribution in [2.24, 2.45) is 0 Å². The summed E-state index contributed by atoms with van der Waals surface area (Å²) in [5.41, 5.74) is 1.67. The van der Waals surface area contributed by atoms with E-state index in [9.17, 15) is 4.39 Å². The molecule has 0 aliphatic carbocycles. The minimum atomic E-state index is -0.224. The molecule has 118 valence electrons. The van der Waals surface area contributed by atoms with Crippen LogP contribution in [0.3, 0.4) is 0 Å². The van der Waals surface area contributed by atoms with E-state index in [-0.39, 0.29) is 5.82 Å². The van der Waals surface area contributed by atoms with Gasteiger partial charge in [-0.3, -0.25) is 0 Å². The van der Waals surface area contributed by atoms with Gasteiger partial charge in [-0.2, -0.15) is 0 Å². The van der Waals surface area contributed by atoms with Crippen LogP contribution in [0.4, 0.5) is 4.39 Å². The minimum Gasteiger partial charge on any atom is -0.497 e. The predicted octanol–water partition coefficient (Wildman–Crippen LogP) is 4.10. The molecule has 3 aromatic rings. The quantitative estimate of drug-likeness (QED) is 0.637. The monoisotopic (exact) mass is 330 g/mol. The number of halogens is 1. The van der Waals surface area contributed by atoms with E-state index in [0.717, 1.165) is 11.3 Å². The number of benzene rings is 2. The van der Waals surface area contributed by atoms with Crippen LogP contribution in [-0.2, 0) is 12.2 Å². The van der Waals surface area contributed by atoms with Crippen molar-refractivity contribution in [1.29, 1.82) is 0 Å². The third kappa shape index (κ3) is 4.10. The van der Waals surface area contributed by atoms with E-state index in [1.54, 1.807) is 19.2 Å². The van der Waals surface area contributed by atoms with Crippen LogP contribution < -0.4 is 4.74 Å². The van der Waals surface area contributed by atoms with Crippen LogP contribution in [0.2, 0.25) is 0 Å². The van der Waals surface area contributed by atoms with Crippen molar-refractivity contribution in [3.63, 3.8) is 0 Å². The Labute approximate surface area is 137 Å². The molecule has 2 aromatic carbocycles. The minimum absolute atomic E-state index is 0.224. The van der Waals surface area contributed by atoms with Gasteiger partial charge < -0.3 is 9.15 Å². The van der Waals surface area contributed by atoms with Crippen molar-refractivity contribution in [2.45, 2.75) is 17.4 Å². The van der Waals surface area contributed by atoms with E-state index < -0.39 is 0 Å². The second-order valence-electron chi connectivity index (χ2n) is 4.87. The van der Waals surface area contributed by atoms with E-state index in [1.165, 1.54) is 17.8 Å². The molecule has 23 heavy (non-hydrogen) atoms. The molecule has 0 N–H and O–H groups in total. The Kier molecular flexibility index (Phi) is 4.92. The molecule has 4 nitrogen and oxygen atoms in total. The fourth-order valence-corrected chi connectivity index (χ4v) is 2.81. The zero-order valence-electron chi connectivity index (χ0n) is 12.5. The number of ether oxygens (including phenoxy) is 1. The van der Waals surface area contributed by atoms with Gasteiger partial charge in [-0.15, -0.1) is 10.2 Å². The maximum atomic E-state index is 13.6. The number of aromatic nitrogens is 2. The Morgan fingerprint density at radius 3 is 2.61 bits per heavy atom. The fourth-order valence-electron chi connectivity index (χ4n) is 2.04. The molecule has 0 aliphatic rings. The number of nitrogens with zero attached hydrogens (tertiary/aromatic N) is 2. The lowest BCUT2D eigenvalue weighted by Gasteiger charge is -2.01. The molecule has 0 amide bonds. The molecule has 0 saturated heterocycles. The van der Waals surface area contributed by atoms with Gasteiger partial charge in [0.2, 0.25) is 5.89 Å². The second kappa shape index (κ2) is 7.28. The summed E-state index contributed by atoms with van der Waals surface area (Å²) in [5.74, 6) is 1.57. The first kappa shape index (κ1) is 15.6. The summed E-state index contributed by atoms with van der Waals surface area (Å²) in [4.78, 5) is 0. The van der Waals surface area contributed by atoms with E-state index in [2.05, 4.69) is 10.2 Å². The standard InChI is InChI=1S/C17H15FN2O2S/c1-21-14-8-6-12(7-9-14)10-16-19-20-17(22-16)23-11-13-4-2-3-5-15(13)18/h2-9H,10-11H2,1H3. The van der Waals surface area contributed by atoms with Gasteiger partial charge in [-0.1, -0.05) is 42.1 Å². The molecule has 0 unspecified atom stereocenters. The Morgan fingerprint density at radius 1 is 1.09 bits per heavy atom. The highest BCUT2D eigenvalue weighted by Gasteiger charge is 2.09. The maximum Gasteiger partial charge on any atom is 0.276 e. The van der Waals surface area contributed by atoms with Crippen molar-refractivity contribution >= 4 is 11.8 Å². The van der Waals surface area contributed by atoms with Crippen LogP contribution >= 0.6 is 11.8 Å². The molecular weight excluding hydrogens is 315 g/mol. The topological polar surface area (TPSA) is 48.2 Å². The summed E-state index contributed by atoms with van der Waals surface area (Å²) in [6.07, 6.45) is 0.553. The van der Waals surface area contributed by atoms with Crippen molar-refractivity contribution < 1.29 is 13.5 Å². The second-order valence-corrected chi connectivity index (χ2v) is 5.79. The fraction of sp³-hybridized carbons (Fsp3) is 0.176. The zero-order valence-corrected chi connectivity index (χ0v) is 13.3. The third-order valence-corrected chi connectivity index (χ3v) is 4.14. The maximum absolute atomic E-state index is 13.6. The Balaban J connectivity index is 1.60. The predicted molar refractivity (Wildman–Crippen MR) is 86.1 cm³/mol. The molecule has 0 saturated carbocycles. The smallest absolute Gasteiger partial charge is 0.276 e. The zero-order chi connectivity index (χ0) is 16.1. The molecule has 1 aromatic heterocycles. The first-order chi connectivity index (χ1) is 11.2. The Bertz CT molecular complexity index is 774. The van der Waals surface area contributed by atoms with E-state index in [0.29, 0.717) is 28.9 Å². The summed E-state index contributed by atoms with van der Waals surface area (Å²) < 4.78 is 24.3. The van der Waals surface area contributed by atoms with Crippen molar-refractivity contribution in [3.05, 3.63) is 71.4 Å². The van der Waals surface area contributed by atoms with Crippen LogP contribution in [0, 0.1) is 5.82 Å². The molecule has 6 heteroatoms. The number of hydrogen-bond acceptors (Lipinski definition) is 5. The lowest BCUT2D eigenvalue weighted by Crippen LogP contribution is -1.89. The SMILES string of the molecule is COc1ccc(Cc2nnc(SCc3ccccc3F)o2)cc1. The highest BCUT2D eigenvalue weighted by molar-refractivity contribution is 7.98. The summed E-state index contributed by atoms with van der Waals surface area (Å²) in [6.45, 7) is 0. The first-order valence-corrected chi connectivity index (χ1v) is 8.04. The number of hydrogen-bond donors (Lipinski definition) is 0. The van der Waals surface area contributed by atoms with Crippen LogP contribution in [0.25, 0.3) is 0 Å². The average Bonchev–Trinajstić information content (AvgIpc) is 3.02. The number of rotatable bonds is 6. The first-order valence-electron chi connectivity index (χ1n) is 7.06. The van der Waals surface area contributed by atoms with Crippen LogP contribution in [0.15, 0.2) is 58.2 Å². The summed E-state index contributed by atoms with van der Waals surface area (Å²) in [6, 6.07) is 14.4. The van der Waals surface area contributed by atoms with Crippen molar-refractivity contribution in [1.82, 2.24) is 10.2 Å². The number of methoxy groups -OCH3 is 1. The number of thioether (sulfide) groups is 1. The summed E-state index contributed by atoms with van der Waals surface area (Å²) in [5, 5.41) is 8.46. The molecule has 0 atom stereocenters. The van der Waals surface area contributed by atoms with Crippen LogP contribution in [-0.4, -0.2) is 17.3 Å². The molecule has 0 spiro atoms. The molecule has 0 aliphatic heterocycles. The van der Waals surface area contributed by atoms with Crippen molar-refractivity contribution in [2.75, 3.05) is 7.11 Å². The largest absolute Gasteiger partial charge is 0.497 e. The van der Waals surface area contributed by atoms with Gasteiger partial charge >= 0.3 is 0 Å². The highest BCUT2D eigenvalue weighted by Crippen LogP contribution is 2.23. The van der Waals surface area contributed by atoms with Crippen LogP contribution in [0.5, 0.6) is 5.75 Å². The average molecular weight is 330 g/mol.